The largest absolute Gasteiger partial charge is 0.468 e. The maximum absolute atomic E-state index is 5.16. The van der Waals surface area contributed by atoms with E-state index in [4.69, 9.17) is 8.94 Å². The van der Waals surface area contributed by atoms with Gasteiger partial charge in [-0.05, 0) is 12.1 Å². The summed E-state index contributed by atoms with van der Waals surface area (Å²) in [7, 11) is 0. The molecule has 5 nitrogen and oxygen atoms in total. The van der Waals surface area contributed by atoms with Gasteiger partial charge in [0.2, 0.25) is 5.89 Å². The van der Waals surface area contributed by atoms with E-state index in [9.17, 15) is 0 Å². The molecule has 0 saturated carbocycles. The molecule has 74 valence electrons. The highest BCUT2D eigenvalue weighted by Gasteiger charge is 1.98. The van der Waals surface area contributed by atoms with E-state index in [0.29, 0.717) is 5.89 Å². The zero-order chi connectivity index (χ0) is 9.64. The first-order chi connectivity index (χ1) is 6.95. The van der Waals surface area contributed by atoms with E-state index in [1.54, 1.807) is 6.26 Å². The minimum absolute atomic E-state index is 0.650. The van der Waals surface area contributed by atoms with Crippen molar-refractivity contribution in [1.82, 2.24) is 15.5 Å². The third-order valence-corrected chi connectivity index (χ3v) is 1.80. The predicted molar refractivity (Wildman–Crippen MR) is 48.4 cm³/mol. The quantitative estimate of drug-likeness (QED) is 0.717. The van der Waals surface area contributed by atoms with Crippen molar-refractivity contribution >= 4 is 0 Å². The standard InChI is InChI=1S/C9H11N3O2/c1-2-8(13-5-1)6-10-4-3-9-11-7-12-14-9/h1-2,5,7,10H,3-4,6H2. The normalized spacial score (nSPS) is 10.6. The molecule has 0 aromatic carbocycles. The van der Waals surface area contributed by atoms with Gasteiger partial charge in [-0.25, -0.2) is 0 Å². The van der Waals surface area contributed by atoms with Crippen LogP contribution >= 0.6 is 0 Å². The zero-order valence-corrected chi connectivity index (χ0v) is 7.64. The summed E-state index contributed by atoms with van der Waals surface area (Å²) in [5, 5.41) is 6.72. The Labute approximate surface area is 81.1 Å². The molecule has 0 spiro atoms. The molecule has 2 heterocycles. The third-order valence-electron chi connectivity index (χ3n) is 1.80. The van der Waals surface area contributed by atoms with Crippen molar-refractivity contribution in [2.45, 2.75) is 13.0 Å². The number of hydrogen-bond acceptors (Lipinski definition) is 5. The van der Waals surface area contributed by atoms with Crippen molar-refractivity contribution in [2.75, 3.05) is 6.54 Å². The fourth-order valence-corrected chi connectivity index (χ4v) is 1.13. The molecule has 14 heavy (non-hydrogen) atoms. The highest BCUT2D eigenvalue weighted by Crippen LogP contribution is 1.98. The number of hydrogen-bond donors (Lipinski definition) is 1. The van der Waals surface area contributed by atoms with Crippen LogP contribution in [0.15, 0.2) is 33.7 Å². The molecule has 0 fully saturated rings. The first-order valence-electron chi connectivity index (χ1n) is 4.44. The van der Waals surface area contributed by atoms with Crippen LogP contribution in [0, 0.1) is 0 Å². The molecule has 2 rings (SSSR count). The van der Waals surface area contributed by atoms with E-state index in [2.05, 4.69) is 15.5 Å². The van der Waals surface area contributed by atoms with Gasteiger partial charge in [0.05, 0.1) is 12.8 Å². The number of nitrogens with zero attached hydrogens (tertiary/aromatic N) is 2. The van der Waals surface area contributed by atoms with Crippen molar-refractivity contribution in [1.29, 1.82) is 0 Å². The lowest BCUT2D eigenvalue weighted by molar-refractivity contribution is 0.373. The highest BCUT2D eigenvalue weighted by molar-refractivity contribution is 4.97. The Kier molecular flexibility index (Phi) is 2.92. The molecule has 0 amide bonds. The van der Waals surface area contributed by atoms with Crippen molar-refractivity contribution in [2.24, 2.45) is 0 Å². The lowest BCUT2D eigenvalue weighted by atomic mass is 10.4. The summed E-state index contributed by atoms with van der Waals surface area (Å²) in [6.07, 6.45) is 3.80. The molecule has 0 aliphatic rings. The van der Waals surface area contributed by atoms with Crippen molar-refractivity contribution in [3.63, 3.8) is 0 Å². The van der Waals surface area contributed by atoms with Gasteiger partial charge in [-0.2, -0.15) is 4.98 Å². The number of furan rings is 1. The molecule has 0 unspecified atom stereocenters. The van der Waals surface area contributed by atoms with Gasteiger partial charge in [0.1, 0.15) is 5.76 Å². The van der Waals surface area contributed by atoms with E-state index in [1.165, 1.54) is 6.33 Å². The minimum atomic E-state index is 0.650. The topological polar surface area (TPSA) is 64.1 Å². The fourth-order valence-electron chi connectivity index (χ4n) is 1.13. The summed E-state index contributed by atoms with van der Waals surface area (Å²) in [5.41, 5.74) is 0. The maximum Gasteiger partial charge on any atom is 0.227 e. The van der Waals surface area contributed by atoms with E-state index in [-0.39, 0.29) is 0 Å². The van der Waals surface area contributed by atoms with Crippen LogP contribution in [0.2, 0.25) is 0 Å². The fraction of sp³-hybridized carbons (Fsp3) is 0.333. The molecular weight excluding hydrogens is 182 g/mol. The Morgan fingerprint density at radius 2 is 2.43 bits per heavy atom. The number of aromatic nitrogens is 2. The van der Waals surface area contributed by atoms with Crippen LogP contribution in [0.1, 0.15) is 11.7 Å². The average Bonchev–Trinajstić information content (AvgIpc) is 2.86. The maximum atomic E-state index is 5.16. The van der Waals surface area contributed by atoms with Crippen molar-refractivity contribution in [3.8, 4) is 0 Å². The number of rotatable bonds is 5. The predicted octanol–water partition coefficient (Wildman–Crippen LogP) is 0.995. The van der Waals surface area contributed by atoms with Gasteiger partial charge in [0, 0.05) is 13.0 Å². The zero-order valence-electron chi connectivity index (χ0n) is 7.64. The molecule has 0 aliphatic carbocycles. The first-order valence-corrected chi connectivity index (χ1v) is 4.44. The average molecular weight is 193 g/mol. The van der Waals surface area contributed by atoms with E-state index < -0.39 is 0 Å². The van der Waals surface area contributed by atoms with Gasteiger partial charge in [-0.1, -0.05) is 5.16 Å². The Balaban J connectivity index is 1.65. The van der Waals surface area contributed by atoms with E-state index >= 15 is 0 Å². The second kappa shape index (κ2) is 4.57. The third kappa shape index (κ3) is 2.43. The summed E-state index contributed by atoms with van der Waals surface area (Å²) in [4.78, 5) is 3.91. The van der Waals surface area contributed by atoms with Crippen LogP contribution in [0.25, 0.3) is 0 Å². The van der Waals surface area contributed by atoms with Crippen LogP contribution in [-0.2, 0) is 13.0 Å². The Bertz CT molecular complexity index is 306. The highest BCUT2D eigenvalue weighted by atomic mass is 16.5. The van der Waals surface area contributed by atoms with Crippen LogP contribution in [0.5, 0.6) is 0 Å². The van der Waals surface area contributed by atoms with Crippen LogP contribution in [0.4, 0.5) is 0 Å². The molecule has 0 saturated heterocycles. The summed E-state index contributed by atoms with van der Waals surface area (Å²) < 4.78 is 10.0. The monoisotopic (exact) mass is 193 g/mol. The van der Waals surface area contributed by atoms with Gasteiger partial charge in [-0.15, -0.1) is 0 Å². The molecule has 2 aromatic rings. The first kappa shape index (κ1) is 8.96. The van der Waals surface area contributed by atoms with Gasteiger partial charge in [0.25, 0.3) is 0 Å². The van der Waals surface area contributed by atoms with Crippen LogP contribution in [0.3, 0.4) is 0 Å². The van der Waals surface area contributed by atoms with E-state index in [0.717, 1.165) is 25.3 Å². The van der Waals surface area contributed by atoms with E-state index in [1.807, 2.05) is 12.1 Å². The Morgan fingerprint density at radius 1 is 1.43 bits per heavy atom. The molecule has 0 radical (unpaired) electrons. The lowest BCUT2D eigenvalue weighted by Crippen LogP contribution is -2.16. The molecular formula is C9H11N3O2. The minimum Gasteiger partial charge on any atom is -0.468 e. The molecule has 5 heteroatoms. The van der Waals surface area contributed by atoms with Crippen molar-refractivity contribution < 1.29 is 8.94 Å². The van der Waals surface area contributed by atoms with Crippen molar-refractivity contribution in [3.05, 3.63) is 36.4 Å². The van der Waals surface area contributed by atoms with Gasteiger partial charge >= 0.3 is 0 Å². The second-order valence-electron chi connectivity index (χ2n) is 2.84. The summed E-state index contributed by atoms with van der Waals surface area (Å²) in [6.45, 7) is 1.52. The van der Waals surface area contributed by atoms with Gasteiger partial charge in [-0.3, -0.25) is 0 Å². The molecule has 0 atom stereocenters. The Morgan fingerprint density at radius 3 is 3.14 bits per heavy atom. The molecule has 0 bridgehead atoms. The van der Waals surface area contributed by atoms with Crippen LogP contribution in [-0.4, -0.2) is 16.7 Å². The second-order valence-corrected chi connectivity index (χ2v) is 2.84. The lowest BCUT2D eigenvalue weighted by Gasteiger charge is -1.98. The van der Waals surface area contributed by atoms with Crippen LogP contribution < -0.4 is 5.32 Å². The molecule has 1 N–H and O–H groups in total. The summed E-state index contributed by atoms with van der Waals surface area (Å²) >= 11 is 0. The smallest absolute Gasteiger partial charge is 0.227 e. The summed E-state index contributed by atoms with van der Waals surface area (Å²) in [5.74, 6) is 1.58. The molecule has 2 aromatic heterocycles. The van der Waals surface area contributed by atoms with Gasteiger partial charge < -0.3 is 14.3 Å². The number of nitrogens with one attached hydrogen (secondary N) is 1. The Hall–Kier alpha value is -1.62. The SMILES string of the molecule is c1coc(CNCCc2ncno2)c1. The van der Waals surface area contributed by atoms with Gasteiger partial charge in [0.15, 0.2) is 6.33 Å². The summed E-state index contributed by atoms with van der Waals surface area (Å²) in [6, 6.07) is 3.80. The molecule has 0 aliphatic heterocycles.